The molecule has 1 aromatic carbocycles. The summed E-state index contributed by atoms with van der Waals surface area (Å²) in [4.78, 5) is 24.7. The number of carbonyl (C=O) groups excluding carboxylic acids is 2. The van der Waals surface area contributed by atoms with Crippen molar-refractivity contribution in [2.24, 2.45) is 0 Å². The normalized spacial score (nSPS) is 16.4. The van der Waals surface area contributed by atoms with E-state index in [1.165, 1.54) is 12.1 Å². The van der Waals surface area contributed by atoms with Crippen molar-refractivity contribution in [2.75, 3.05) is 0 Å². The molecule has 0 amide bonds. The van der Waals surface area contributed by atoms with Crippen molar-refractivity contribution in [3.8, 4) is 0 Å². The van der Waals surface area contributed by atoms with Gasteiger partial charge in [-0.2, -0.15) is 0 Å². The van der Waals surface area contributed by atoms with Crippen LogP contribution in [0.25, 0.3) is 0 Å². The predicted octanol–water partition coefficient (Wildman–Crippen LogP) is 3.30. The number of ketones is 1. The second-order valence-corrected chi connectivity index (χ2v) is 5.93. The lowest BCUT2D eigenvalue weighted by Gasteiger charge is -2.12. The van der Waals surface area contributed by atoms with Gasteiger partial charge in [-0.1, -0.05) is 12.1 Å². The minimum Gasteiger partial charge on any atom is -0.462 e. The molecule has 0 saturated carbocycles. The third kappa shape index (κ3) is 2.79. The van der Waals surface area contributed by atoms with E-state index in [1.807, 2.05) is 0 Å². The standard InChI is InChI=1S/C18H18FNO3/c1-11(2)23-18(22)13-9-10-20-15(13)7-8-16(20)17(21)12-5-3-4-6-14(12)19/h3-8,11,13H,9-10H2,1-2H3. The van der Waals surface area contributed by atoms with E-state index in [9.17, 15) is 14.0 Å². The Kier molecular flexibility index (Phi) is 4.03. The summed E-state index contributed by atoms with van der Waals surface area (Å²) in [6.07, 6.45) is 0.422. The Morgan fingerprint density at radius 2 is 1.96 bits per heavy atom. The largest absolute Gasteiger partial charge is 0.462 e. The maximum absolute atomic E-state index is 13.8. The number of rotatable bonds is 4. The Balaban J connectivity index is 1.90. The van der Waals surface area contributed by atoms with Crippen LogP contribution in [0.2, 0.25) is 0 Å². The van der Waals surface area contributed by atoms with Crippen LogP contribution in [0.1, 0.15) is 47.9 Å². The fourth-order valence-electron chi connectivity index (χ4n) is 2.98. The highest BCUT2D eigenvalue weighted by Gasteiger charge is 2.33. The molecular weight excluding hydrogens is 297 g/mol. The van der Waals surface area contributed by atoms with E-state index in [-0.39, 0.29) is 29.3 Å². The molecule has 120 valence electrons. The Hall–Kier alpha value is -2.43. The van der Waals surface area contributed by atoms with Crippen LogP contribution in [0.3, 0.4) is 0 Å². The fraction of sp³-hybridized carbons (Fsp3) is 0.333. The summed E-state index contributed by atoms with van der Waals surface area (Å²) >= 11 is 0. The number of aromatic nitrogens is 1. The Bertz CT molecular complexity index is 763. The summed E-state index contributed by atoms with van der Waals surface area (Å²) in [6, 6.07) is 9.33. The van der Waals surface area contributed by atoms with Gasteiger partial charge in [0.25, 0.3) is 0 Å². The molecule has 0 saturated heterocycles. The highest BCUT2D eigenvalue weighted by molar-refractivity contribution is 6.08. The van der Waals surface area contributed by atoms with Crippen molar-refractivity contribution in [3.63, 3.8) is 0 Å². The lowest BCUT2D eigenvalue weighted by Crippen LogP contribution is -2.18. The lowest BCUT2D eigenvalue weighted by molar-refractivity contribution is -0.149. The molecule has 5 heteroatoms. The van der Waals surface area contributed by atoms with Crippen molar-refractivity contribution in [1.82, 2.24) is 4.57 Å². The summed E-state index contributed by atoms with van der Waals surface area (Å²) in [5, 5.41) is 0. The van der Waals surface area contributed by atoms with Crippen LogP contribution in [0, 0.1) is 5.82 Å². The maximum Gasteiger partial charge on any atom is 0.315 e. The third-order valence-electron chi connectivity index (χ3n) is 4.00. The molecule has 0 fully saturated rings. The van der Waals surface area contributed by atoms with Crippen LogP contribution >= 0.6 is 0 Å². The smallest absolute Gasteiger partial charge is 0.315 e. The van der Waals surface area contributed by atoms with Crippen LogP contribution in [-0.4, -0.2) is 22.4 Å². The molecular formula is C18H18FNO3. The van der Waals surface area contributed by atoms with Gasteiger partial charge in [-0.15, -0.1) is 0 Å². The number of ether oxygens (including phenoxy) is 1. The minimum atomic E-state index is -0.540. The average Bonchev–Trinajstić information content (AvgIpc) is 3.07. The summed E-state index contributed by atoms with van der Waals surface area (Å²) in [5.74, 6) is -1.55. The molecule has 23 heavy (non-hydrogen) atoms. The monoisotopic (exact) mass is 315 g/mol. The zero-order chi connectivity index (χ0) is 16.6. The van der Waals surface area contributed by atoms with Gasteiger partial charge in [0, 0.05) is 12.2 Å². The predicted molar refractivity (Wildman–Crippen MR) is 82.9 cm³/mol. The summed E-state index contributed by atoms with van der Waals surface area (Å²) in [6.45, 7) is 4.16. The first-order valence-corrected chi connectivity index (χ1v) is 7.68. The first-order chi connectivity index (χ1) is 11.0. The molecule has 1 atom stereocenters. The van der Waals surface area contributed by atoms with Gasteiger partial charge in [-0.3, -0.25) is 9.59 Å². The molecule has 1 unspecified atom stereocenters. The van der Waals surface area contributed by atoms with Crippen molar-refractivity contribution in [2.45, 2.75) is 38.8 Å². The third-order valence-corrected chi connectivity index (χ3v) is 4.00. The Morgan fingerprint density at radius 1 is 1.22 bits per heavy atom. The van der Waals surface area contributed by atoms with Gasteiger partial charge in [-0.25, -0.2) is 4.39 Å². The van der Waals surface area contributed by atoms with Gasteiger partial charge in [-0.05, 0) is 44.5 Å². The zero-order valence-electron chi connectivity index (χ0n) is 13.1. The quantitative estimate of drug-likeness (QED) is 0.642. The van der Waals surface area contributed by atoms with Crippen LogP contribution < -0.4 is 0 Å². The van der Waals surface area contributed by atoms with E-state index in [0.717, 1.165) is 5.69 Å². The van der Waals surface area contributed by atoms with Crippen LogP contribution in [-0.2, 0) is 16.1 Å². The lowest BCUT2D eigenvalue weighted by atomic mass is 10.0. The highest BCUT2D eigenvalue weighted by atomic mass is 19.1. The number of hydrogen-bond acceptors (Lipinski definition) is 3. The number of hydrogen-bond donors (Lipinski definition) is 0. The van der Waals surface area contributed by atoms with Gasteiger partial charge in [0.15, 0.2) is 0 Å². The molecule has 4 nitrogen and oxygen atoms in total. The average molecular weight is 315 g/mol. The fourth-order valence-corrected chi connectivity index (χ4v) is 2.98. The van der Waals surface area contributed by atoms with Crippen molar-refractivity contribution in [1.29, 1.82) is 0 Å². The van der Waals surface area contributed by atoms with Crippen molar-refractivity contribution >= 4 is 11.8 Å². The molecule has 3 rings (SSSR count). The topological polar surface area (TPSA) is 48.3 Å². The summed E-state index contributed by atoms with van der Waals surface area (Å²) < 4.78 is 20.9. The van der Waals surface area contributed by atoms with E-state index in [4.69, 9.17) is 4.74 Å². The van der Waals surface area contributed by atoms with Gasteiger partial charge >= 0.3 is 5.97 Å². The van der Waals surface area contributed by atoms with E-state index in [1.54, 1.807) is 42.7 Å². The molecule has 0 radical (unpaired) electrons. The number of halogens is 1. The molecule has 0 N–H and O–H groups in total. The zero-order valence-corrected chi connectivity index (χ0v) is 13.1. The molecule has 0 bridgehead atoms. The molecule has 1 aliphatic heterocycles. The molecule has 0 spiro atoms. The van der Waals surface area contributed by atoms with Crippen molar-refractivity contribution < 1.29 is 18.7 Å². The van der Waals surface area contributed by atoms with E-state index < -0.39 is 5.82 Å². The van der Waals surface area contributed by atoms with Crippen LogP contribution in [0.15, 0.2) is 36.4 Å². The van der Waals surface area contributed by atoms with Gasteiger partial charge in [0.1, 0.15) is 5.82 Å². The van der Waals surface area contributed by atoms with Crippen LogP contribution in [0.4, 0.5) is 4.39 Å². The number of carbonyl (C=O) groups is 2. The first-order valence-electron chi connectivity index (χ1n) is 7.68. The Morgan fingerprint density at radius 3 is 2.65 bits per heavy atom. The number of esters is 1. The molecule has 2 aromatic rings. The SMILES string of the molecule is CC(C)OC(=O)C1CCn2c(C(=O)c3ccccc3F)ccc21. The van der Waals surface area contributed by atoms with Gasteiger partial charge in [0.2, 0.25) is 5.78 Å². The second-order valence-electron chi connectivity index (χ2n) is 5.93. The van der Waals surface area contributed by atoms with Gasteiger partial charge in [0.05, 0.1) is 23.3 Å². The first kappa shape index (κ1) is 15.5. The van der Waals surface area contributed by atoms with E-state index in [0.29, 0.717) is 18.7 Å². The minimum absolute atomic E-state index is 0.0432. The summed E-state index contributed by atoms with van der Waals surface area (Å²) in [7, 11) is 0. The van der Waals surface area contributed by atoms with Crippen LogP contribution in [0.5, 0.6) is 0 Å². The highest BCUT2D eigenvalue weighted by Crippen LogP contribution is 2.32. The maximum atomic E-state index is 13.8. The number of benzene rings is 1. The van der Waals surface area contributed by atoms with E-state index >= 15 is 0 Å². The van der Waals surface area contributed by atoms with E-state index in [2.05, 4.69) is 0 Å². The molecule has 0 aliphatic carbocycles. The van der Waals surface area contributed by atoms with Crippen molar-refractivity contribution in [3.05, 3.63) is 59.2 Å². The molecule has 2 heterocycles. The number of fused-ring (bicyclic) bond motifs is 1. The molecule has 1 aliphatic rings. The summed E-state index contributed by atoms with van der Waals surface area (Å²) in [5.41, 5.74) is 1.21. The molecule has 1 aromatic heterocycles. The van der Waals surface area contributed by atoms with Gasteiger partial charge < -0.3 is 9.30 Å². The number of nitrogens with zero attached hydrogens (tertiary/aromatic N) is 1. The Labute approximate surface area is 133 Å². The second kappa shape index (κ2) is 5.99.